The molecule has 1 heterocycles. The number of guanidine groups is 1. The molecule has 0 spiro atoms. The first-order chi connectivity index (χ1) is 20.9. The number of benzene rings is 1. The highest BCUT2D eigenvalue weighted by Crippen LogP contribution is 2.65. The molecule has 0 unspecified atom stereocenters. The minimum atomic E-state index is -0.758. The summed E-state index contributed by atoms with van der Waals surface area (Å²) in [5.41, 5.74) is 9.94. The van der Waals surface area contributed by atoms with Gasteiger partial charge in [0.25, 0.3) is 0 Å². The molecule has 6 N–H and O–H groups in total. The van der Waals surface area contributed by atoms with E-state index in [0.717, 1.165) is 24.8 Å². The number of hydrogen-bond donors (Lipinski definition) is 5. The number of amides is 2. The Labute approximate surface area is 262 Å². The molecule has 2 bridgehead atoms. The van der Waals surface area contributed by atoms with Gasteiger partial charge in [-0.05, 0) is 86.2 Å². The maximum absolute atomic E-state index is 13.8. The fourth-order valence-electron chi connectivity index (χ4n) is 7.45. The average molecular weight is 612 g/mol. The number of hydrogen-bond acceptors (Lipinski definition) is 6. The average Bonchev–Trinajstić information content (AvgIpc) is 3.34. The maximum Gasteiger partial charge on any atom is 0.481 e. The quantitative estimate of drug-likeness (QED) is 0.0506. The van der Waals surface area contributed by atoms with Crippen LogP contribution in [0.1, 0.15) is 91.2 Å². The smallest absolute Gasteiger partial charge is 0.404 e. The van der Waals surface area contributed by atoms with E-state index in [4.69, 9.17) is 15.0 Å². The minimum absolute atomic E-state index is 0.0139. The molecule has 0 aromatic heterocycles. The van der Waals surface area contributed by atoms with Crippen molar-refractivity contribution in [3.05, 3.63) is 40.3 Å². The molecule has 1 saturated heterocycles. The van der Waals surface area contributed by atoms with Crippen LogP contribution in [0.4, 0.5) is 0 Å². The van der Waals surface area contributed by atoms with Gasteiger partial charge in [0, 0.05) is 6.42 Å². The van der Waals surface area contributed by atoms with Crippen LogP contribution in [0.2, 0.25) is 0 Å². The summed E-state index contributed by atoms with van der Waals surface area (Å²) in [5.74, 6) is 0.566. The molecule has 4 aliphatic rings. The van der Waals surface area contributed by atoms with Gasteiger partial charge in [0.15, 0.2) is 0 Å². The SMILES string of the molecule is CCc1ccc(CCC(=O)N[C@@H](CCC[NH+]=C(N)NN=O)C(=O)N[C@@H](CC(C)C)B2O[C@@H]3C[C@@H]4C[C@@H](C4(C)C)[C@]3(C)O2)cc1. The lowest BCUT2D eigenvalue weighted by molar-refractivity contribution is -0.461. The largest absolute Gasteiger partial charge is 0.481 e. The van der Waals surface area contributed by atoms with Crippen LogP contribution in [0, 0.1) is 28.1 Å². The molecule has 6 atom stereocenters. The molecular weight excluding hydrogens is 559 g/mol. The molecule has 242 valence electrons. The Morgan fingerprint density at radius 3 is 2.48 bits per heavy atom. The molecule has 1 aromatic carbocycles. The van der Waals surface area contributed by atoms with Crippen molar-refractivity contribution in [3.63, 3.8) is 0 Å². The third-order valence-electron chi connectivity index (χ3n) is 10.2. The zero-order valence-electron chi connectivity index (χ0n) is 27.3. The minimum Gasteiger partial charge on any atom is -0.404 e. The predicted octanol–water partition coefficient (Wildman–Crippen LogP) is 1.91. The summed E-state index contributed by atoms with van der Waals surface area (Å²) in [6.45, 7) is 13.6. The van der Waals surface area contributed by atoms with E-state index in [1.807, 2.05) is 12.1 Å². The van der Waals surface area contributed by atoms with Gasteiger partial charge in [-0.3, -0.25) is 20.3 Å². The lowest BCUT2D eigenvalue weighted by atomic mass is 9.43. The van der Waals surface area contributed by atoms with E-state index in [-0.39, 0.29) is 47.3 Å². The van der Waals surface area contributed by atoms with Crippen molar-refractivity contribution in [1.82, 2.24) is 16.1 Å². The van der Waals surface area contributed by atoms with Crippen molar-refractivity contribution in [1.29, 1.82) is 0 Å². The first-order valence-electron chi connectivity index (χ1n) is 16.3. The van der Waals surface area contributed by atoms with Crippen LogP contribution < -0.4 is 26.8 Å². The number of nitroso groups, excluding NO2 is 1. The predicted molar refractivity (Wildman–Crippen MR) is 171 cm³/mol. The van der Waals surface area contributed by atoms with Crippen LogP contribution in [0.25, 0.3) is 0 Å². The van der Waals surface area contributed by atoms with E-state index < -0.39 is 13.2 Å². The molecule has 0 radical (unpaired) electrons. The molecule has 3 saturated carbocycles. The zero-order chi connectivity index (χ0) is 32.1. The van der Waals surface area contributed by atoms with Crippen LogP contribution >= 0.6 is 0 Å². The summed E-state index contributed by atoms with van der Waals surface area (Å²) >= 11 is 0. The van der Waals surface area contributed by atoms with Crippen molar-refractivity contribution >= 4 is 24.9 Å². The lowest BCUT2D eigenvalue weighted by Crippen LogP contribution is -2.78. The Balaban J connectivity index is 1.42. The molecule has 44 heavy (non-hydrogen) atoms. The highest BCUT2D eigenvalue weighted by molar-refractivity contribution is 6.48. The molecule has 1 aliphatic heterocycles. The second-order valence-corrected chi connectivity index (χ2v) is 14.1. The second kappa shape index (κ2) is 14.4. The molecular formula is C32H52BN6O5+. The molecule has 12 heteroatoms. The van der Waals surface area contributed by atoms with Crippen molar-refractivity contribution in [2.45, 2.75) is 117 Å². The third-order valence-corrected chi connectivity index (χ3v) is 10.2. The van der Waals surface area contributed by atoms with Crippen molar-refractivity contribution in [2.75, 3.05) is 6.54 Å². The van der Waals surface area contributed by atoms with Gasteiger partial charge < -0.3 is 19.9 Å². The van der Waals surface area contributed by atoms with Gasteiger partial charge in [-0.1, -0.05) is 58.9 Å². The number of nitrogens with zero attached hydrogens (tertiary/aromatic N) is 1. The fraction of sp³-hybridized carbons (Fsp3) is 0.719. The number of aryl methyl sites for hydroxylation is 2. The maximum atomic E-state index is 13.8. The van der Waals surface area contributed by atoms with Gasteiger partial charge in [0.1, 0.15) is 11.3 Å². The molecule has 1 aromatic rings. The number of nitrogens with two attached hydrogens (primary N) is 1. The van der Waals surface area contributed by atoms with E-state index in [9.17, 15) is 14.5 Å². The highest BCUT2D eigenvalue weighted by atomic mass is 16.7. The van der Waals surface area contributed by atoms with E-state index >= 15 is 0 Å². The number of nitrogens with one attached hydrogen (secondary N) is 4. The zero-order valence-corrected chi connectivity index (χ0v) is 27.3. The van der Waals surface area contributed by atoms with Gasteiger partial charge in [0.05, 0.1) is 24.2 Å². The molecule has 11 nitrogen and oxygen atoms in total. The van der Waals surface area contributed by atoms with Gasteiger partial charge >= 0.3 is 13.1 Å². The normalized spacial score (nSPS) is 26.8. The Bertz CT molecular complexity index is 1190. The molecule has 3 aliphatic carbocycles. The van der Waals surface area contributed by atoms with Gasteiger partial charge in [-0.2, -0.15) is 0 Å². The molecule has 2 amide bonds. The summed E-state index contributed by atoms with van der Waals surface area (Å²) in [6, 6.07) is 7.50. The van der Waals surface area contributed by atoms with Crippen LogP contribution in [-0.4, -0.2) is 55.1 Å². The first kappa shape index (κ1) is 33.9. The van der Waals surface area contributed by atoms with Crippen LogP contribution in [0.5, 0.6) is 0 Å². The second-order valence-electron chi connectivity index (χ2n) is 14.1. The fourth-order valence-corrected chi connectivity index (χ4v) is 7.45. The molecule has 4 fully saturated rings. The summed E-state index contributed by atoms with van der Waals surface area (Å²) in [6.07, 6.45) is 5.53. The topological polar surface area (TPSA) is 158 Å². The lowest BCUT2D eigenvalue weighted by Gasteiger charge is -2.64. The summed E-state index contributed by atoms with van der Waals surface area (Å²) in [7, 11) is -0.549. The standard InChI is InChI=1S/C32H51BN6O5/c1-7-21-10-12-22(13-11-21)14-15-28(40)36-24(9-8-16-35-30(34)38-39-42)29(41)37-27(17-20(2)3)33-43-26-19-23-18-25(31(23,4)5)32(26,6)44-33/h10-13,20,23-27H,7-9,14-19H2,1-6H3,(H,36,40)(H,37,41)(H3,34,35,38,42)/p+1/t23-,24-,25-,26+,27-,32-/m0/s1. The first-order valence-corrected chi connectivity index (χ1v) is 16.3. The summed E-state index contributed by atoms with van der Waals surface area (Å²) in [4.78, 5) is 40.1. The van der Waals surface area contributed by atoms with Gasteiger partial charge in [0.2, 0.25) is 11.8 Å². The van der Waals surface area contributed by atoms with Crippen molar-refractivity contribution in [3.8, 4) is 0 Å². The number of rotatable bonds is 15. The summed E-state index contributed by atoms with van der Waals surface area (Å²) < 4.78 is 13.3. The van der Waals surface area contributed by atoms with Crippen LogP contribution in [0.3, 0.4) is 0 Å². The van der Waals surface area contributed by atoms with E-state index in [0.29, 0.717) is 50.0 Å². The van der Waals surface area contributed by atoms with Crippen LogP contribution in [0.15, 0.2) is 29.6 Å². The van der Waals surface area contributed by atoms with Gasteiger partial charge in [-0.15, -0.1) is 10.3 Å². The van der Waals surface area contributed by atoms with Gasteiger partial charge in [-0.25, -0.2) is 0 Å². The summed E-state index contributed by atoms with van der Waals surface area (Å²) in [5, 5.41) is 8.72. The number of carbonyl (C=O) groups is 2. The highest BCUT2D eigenvalue weighted by Gasteiger charge is 2.68. The Hall–Kier alpha value is -2.99. The molecule has 5 rings (SSSR count). The van der Waals surface area contributed by atoms with E-state index in [1.54, 1.807) is 0 Å². The Kier molecular flexibility index (Phi) is 11.1. The Morgan fingerprint density at radius 2 is 1.84 bits per heavy atom. The van der Waals surface area contributed by atoms with Crippen molar-refractivity contribution in [2.24, 2.45) is 34.2 Å². The van der Waals surface area contributed by atoms with E-state index in [2.05, 4.69) is 80.0 Å². The van der Waals surface area contributed by atoms with Crippen LogP contribution in [-0.2, 0) is 31.7 Å². The van der Waals surface area contributed by atoms with Crippen molar-refractivity contribution < 1.29 is 23.9 Å². The van der Waals surface area contributed by atoms with E-state index in [1.165, 1.54) is 5.56 Å². The number of carbonyl (C=O) groups excluding carboxylic acids is 2. The Morgan fingerprint density at radius 1 is 1.14 bits per heavy atom. The monoisotopic (exact) mass is 611 g/mol. The third kappa shape index (κ3) is 7.80.